The van der Waals surface area contributed by atoms with Gasteiger partial charge in [0.05, 0.1) is 0 Å². The molecule has 2 amide bonds. The third-order valence-electron chi connectivity index (χ3n) is 4.27. The smallest absolute Gasteiger partial charge is 0.329 e. The fourth-order valence-electron chi connectivity index (χ4n) is 3.15. The van der Waals surface area contributed by atoms with Crippen molar-refractivity contribution in [1.29, 1.82) is 0 Å². The normalized spacial score (nSPS) is 35.0. The standard InChI is InChI=1S/C14H24N2O3S/c1-10-8-15(9-11(2)20-10)13(19)16-7-5-4-6-14(16,3)12(17)18/h10-11H,4-9H2,1-3H3,(H,17,18). The van der Waals surface area contributed by atoms with Gasteiger partial charge in [0.1, 0.15) is 5.54 Å². The Labute approximate surface area is 124 Å². The molecule has 0 aliphatic carbocycles. The van der Waals surface area contributed by atoms with Gasteiger partial charge >= 0.3 is 12.0 Å². The summed E-state index contributed by atoms with van der Waals surface area (Å²) in [5, 5.41) is 10.3. The van der Waals surface area contributed by atoms with Gasteiger partial charge in [0, 0.05) is 30.1 Å². The third kappa shape index (κ3) is 2.90. The highest BCUT2D eigenvalue weighted by Gasteiger charge is 2.45. The van der Waals surface area contributed by atoms with Crippen LogP contribution in [-0.4, -0.2) is 62.6 Å². The van der Waals surface area contributed by atoms with Gasteiger partial charge in [-0.05, 0) is 26.2 Å². The number of nitrogens with zero attached hydrogens (tertiary/aromatic N) is 2. The quantitative estimate of drug-likeness (QED) is 0.807. The molecule has 0 aromatic heterocycles. The Hall–Kier alpha value is -0.910. The molecule has 1 N–H and O–H groups in total. The minimum atomic E-state index is -1.05. The Morgan fingerprint density at radius 2 is 1.80 bits per heavy atom. The fraction of sp³-hybridized carbons (Fsp3) is 0.857. The minimum absolute atomic E-state index is 0.103. The lowest BCUT2D eigenvalue weighted by Gasteiger charge is -2.45. The van der Waals surface area contributed by atoms with Gasteiger partial charge in [-0.15, -0.1) is 0 Å². The zero-order valence-electron chi connectivity index (χ0n) is 12.5. The summed E-state index contributed by atoms with van der Waals surface area (Å²) >= 11 is 1.89. The molecule has 0 radical (unpaired) electrons. The maximum atomic E-state index is 12.7. The van der Waals surface area contributed by atoms with Crippen molar-refractivity contribution in [2.75, 3.05) is 19.6 Å². The lowest BCUT2D eigenvalue weighted by atomic mass is 9.89. The number of carbonyl (C=O) groups excluding carboxylic acids is 1. The molecule has 0 aromatic rings. The first kappa shape index (κ1) is 15.5. The van der Waals surface area contributed by atoms with Crippen LogP contribution in [0, 0.1) is 0 Å². The number of thioether (sulfide) groups is 1. The Morgan fingerprint density at radius 3 is 2.35 bits per heavy atom. The molecule has 0 spiro atoms. The van der Waals surface area contributed by atoms with E-state index in [4.69, 9.17) is 0 Å². The summed E-state index contributed by atoms with van der Waals surface area (Å²) in [7, 11) is 0. The number of amides is 2. The van der Waals surface area contributed by atoms with E-state index < -0.39 is 11.5 Å². The number of carbonyl (C=O) groups is 2. The molecule has 6 heteroatoms. The van der Waals surface area contributed by atoms with Crippen LogP contribution in [0.1, 0.15) is 40.0 Å². The summed E-state index contributed by atoms with van der Waals surface area (Å²) in [5.74, 6) is -0.891. The first-order valence-corrected chi connectivity index (χ1v) is 8.24. The summed E-state index contributed by atoms with van der Waals surface area (Å²) in [5.41, 5.74) is -1.05. The number of carboxylic acids is 1. The second-order valence-electron chi connectivity index (χ2n) is 6.13. The highest BCUT2D eigenvalue weighted by atomic mass is 32.2. The van der Waals surface area contributed by atoms with E-state index in [1.165, 1.54) is 0 Å². The van der Waals surface area contributed by atoms with E-state index >= 15 is 0 Å². The van der Waals surface area contributed by atoms with Crippen molar-refractivity contribution in [3.05, 3.63) is 0 Å². The predicted octanol–water partition coefficient (Wildman–Crippen LogP) is 2.26. The summed E-state index contributed by atoms with van der Waals surface area (Å²) in [6.07, 6.45) is 2.30. The van der Waals surface area contributed by atoms with Crippen LogP contribution in [-0.2, 0) is 4.79 Å². The van der Waals surface area contributed by atoms with E-state index in [2.05, 4.69) is 13.8 Å². The average Bonchev–Trinajstić information content (AvgIpc) is 2.37. The molecular weight excluding hydrogens is 276 g/mol. The molecule has 3 unspecified atom stereocenters. The Kier molecular flexibility index (Phi) is 4.52. The molecule has 114 valence electrons. The zero-order valence-corrected chi connectivity index (χ0v) is 13.3. The monoisotopic (exact) mass is 300 g/mol. The largest absolute Gasteiger partial charge is 0.480 e. The molecule has 20 heavy (non-hydrogen) atoms. The summed E-state index contributed by atoms with van der Waals surface area (Å²) in [6.45, 7) is 7.88. The second kappa shape index (κ2) is 5.84. The van der Waals surface area contributed by atoms with E-state index in [1.807, 2.05) is 16.7 Å². The molecular formula is C14H24N2O3S. The number of rotatable bonds is 1. The van der Waals surface area contributed by atoms with Gasteiger partial charge in [0.15, 0.2) is 0 Å². The maximum absolute atomic E-state index is 12.7. The van der Waals surface area contributed by atoms with Crippen molar-refractivity contribution in [3.8, 4) is 0 Å². The number of carboxylic acid groups (broad SMARTS) is 1. The second-order valence-corrected chi connectivity index (χ2v) is 8.01. The van der Waals surface area contributed by atoms with Gasteiger partial charge in [0.25, 0.3) is 0 Å². The molecule has 0 saturated carbocycles. The van der Waals surface area contributed by atoms with E-state index in [-0.39, 0.29) is 6.03 Å². The van der Waals surface area contributed by atoms with Crippen molar-refractivity contribution in [2.45, 2.75) is 56.1 Å². The number of piperidine rings is 1. The molecule has 2 rings (SSSR count). The van der Waals surface area contributed by atoms with Gasteiger partial charge < -0.3 is 14.9 Å². The van der Waals surface area contributed by atoms with E-state index in [0.717, 1.165) is 12.8 Å². The zero-order chi connectivity index (χ0) is 14.9. The number of aliphatic carboxylic acids is 1. The molecule has 2 aliphatic rings. The van der Waals surface area contributed by atoms with E-state index in [0.29, 0.717) is 36.6 Å². The molecule has 3 atom stereocenters. The first-order valence-electron chi connectivity index (χ1n) is 7.30. The van der Waals surface area contributed by atoms with Gasteiger partial charge in [-0.2, -0.15) is 11.8 Å². The van der Waals surface area contributed by atoms with Crippen LogP contribution in [0.5, 0.6) is 0 Å². The highest BCUT2D eigenvalue weighted by molar-refractivity contribution is 8.00. The molecule has 2 aliphatic heterocycles. The van der Waals surface area contributed by atoms with Crippen LogP contribution < -0.4 is 0 Å². The van der Waals surface area contributed by atoms with Crippen molar-refractivity contribution < 1.29 is 14.7 Å². The maximum Gasteiger partial charge on any atom is 0.329 e. The number of hydrogen-bond acceptors (Lipinski definition) is 3. The summed E-state index contributed by atoms with van der Waals surface area (Å²) in [6, 6.07) is -0.103. The number of urea groups is 1. The number of likely N-dealkylation sites (tertiary alicyclic amines) is 1. The Balaban J connectivity index is 2.15. The molecule has 5 nitrogen and oxygen atoms in total. The summed E-state index contributed by atoms with van der Waals surface area (Å²) < 4.78 is 0. The topological polar surface area (TPSA) is 60.9 Å². The van der Waals surface area contributed by atoms with Crippen LogP contribution >= 0.6 is 11.8 Å². The van der Waals surface area contributed by atoms with Crippen LogP contribution in [0.3, 0.4) is 0 Å². The fourth-order valence-corrected chi connectivity index (χ4v) is 4.48. The van der Waals surface area contributed by atoms with Crippen molar-refractivity contribution in [1.82, 2.24) is 9.80 Å². The van der Waals surface area contributed by atoms with E-state index in [9.17, 15) is 14.7 Å². The Morgan fingerprint density at radius 1 is 1.20 bits per heavy atom. The molecule has 0 bridgehead atoms. The Bertz CT molecular complexity index is 394. The molecule has 2 saturated heterocycles. The van der Waals surface area contributed by atoms with Crippen LogP contribution in [0.25, 0.3) is 0 Å². The molecule has 2 fully saturated rings. The first-order chi connectivity index (χ1) is 9.34. The summed E-state index contributed by atoms with van der Waals surface area (Å²) in [4.78, 5) is 27.7. The van der Waals surface area contributed by atoms with Gasteiger partial charge in [-0.1, -0.05) is 13.8 Å². The van der Waals surface area contributed by atoms with Gasteiger partial charge in [-0.3, -0.25) is 0 Å². The van der Waals surface area contributed by atoms with Crippen molar-refractivity contribution in [2.24, 2.45) is 0 Å². The minimum Gasteiger partial charge on any atom is -0.480 e. The van der Waals surface area contributed by atoms with Crippen molar-refractivity contribution in [3.63, 3.8) is 0 Å². The third-order valence-corrected chi connectivity index (χ3v) is 5.50. The lowest BCUT2D eigenvalue weighted by Crippen LogP contribution is -2.62. The lowest BCUT2D eigenvalue weighted by molar-refractivity contribution is -0.150. The molecule has 2 heterocycles. The van der Waals surface area contributed by atoms with Gasteiger partial charge in [-0.25, -0.2) is 9.59 Å². The molecule has 0 aromatic carbocycles. The van der Waals surface area contributed by atoms with Crippen LogP contribution in [0.15, 0.2) is 0 Å². The van der Waals surface area contributed by atoms with Crippen LogP contribution in [0.2, 0.25) is 0 Å². The van der Waals surface area contributed by atoms with Crippen molar-refractivity contribution >= 4 is 23.8 Å². The van der Waals surface area contributed by atoms with E-state index in [1.54, 1.807) is 11.8 Å². The SMILES string of the molecule is CC1CN(C(=O)N2CCCCC2(C)C(=O)O)CC(C)S1. The van der Waals surface area contributed by atoms with Crippen LogP contribution in [0.4, 0.5) is 4.79 Å². The van der Waals surface area contributed by atoms with Gasteiger partial charge in [0.2, 0.25) is 0 Å². The average molecular weight is 300 g/mol. The number of hydrogen-bond donors (Lipinski definition) is 1. The predicted molar refractivity (Wildman–Crippen MR) is 80.1 cm³/mol. The highest BCUT2D eigenvalue weighted by Crippen LogP contribution is 2.31.